The number of ether oxygens (including phenoxy) is 2. The van der Waals surface area contributed by atoms with Crippen molar-refractivity contribution < 1.29 is 24.2 Å². The summed E-state index contributed by atoms with van der Waals surface area (Å²) in [6.07, 6.45) is 7.66. The summed E-state index contributed by atoms with van der Waals surface area (Å²) in [6, 6.07) is 8.61. The minimum absolute atomic E-state index is 0.0418. The molecule has 1 aliphatic carbocycles. The van der Waals surface area contributed by atoms with E-state index in [4.69, 9.17) is 9.47 Å². The van der Waals surface area contributed by atoms with E-state index in [2.05, 4.69) is 10.3 Å². The fourth-order valence-corrected chi connectivity index (χ4v) is 4.35. The predicted molar refractivity (Wildman–Crippen MR) is 118 cm³/mol. The van der Waals surface area contributed by atoms with Gasteiger partial charge >= 0.3 is 5.97 Å². The van der Waals surface area contributed by atoms with Gasteiger partial charge in [0, 0.05) is 6.42 Å². The van der Waals surface area contributed by atoms with E-state index < -0.39 is 24.2 Å². The van der Waals surface area contributed by atoms with Crippen molar-refractivity contribution in [2.75, 3.05) is 13.7 Å². The molecule has 1 heterocycles. The Labute approximate surface area is 184 Å². The van der Waals surface area contributed by atoms with Crippen molar-refractivity contribution >= 4 is 17.8 Å². The summed E-state index contributed by atoms with van der Waals surface area (Å²) in [5.74, 6) is 0.141. The van der Waals surface area contributed by atoms with Gasteiger partial charge in [-0.25, -0.2) is 9.79 Å². The molecular weight excluding hydrogens is 396 g/mol. The maximum Gasteiger partial charge on any atom is 0.334 e. The summed E-state index contributed by atoms with van der Waals surface area (Å²) in [7, 11) is 1.29. The van der Waals surface area contributed by atoms with Gasteiger partial charge in [0.15, 0.2) is 6.04 Å². The molecule has 1 fully saturated rings. The molecule has 0 aromatic heterocycles. The van der Waals surface area contributed by atoms with Crippen molar-refractivity contribution in [2.24, 2.45) is 10.9 Å². The Bertz CT molecular complexity index is 746. The van der Waals surface area contributed by atoms with Crippen LogP contribution in [0.4, 0.5) is 0 Å². The first-order valence-corrected chi connectivity index (χ1v) is 11.4. The number of methoxy groups -OCH3 is 1. The van der Waals surface area contributed by atoms with Crippen LogP contribution in [-0.4, -0.2) is 54.8 Å². The Morgan fingerprint density at radius 1 is 1.23 bits per heavy atom. The summed E-state index contributed by atoms with van der Waals surface area (Å²) in [5.41, 5.74) is 1.12. The average Bonchev–Trinajstić information content (AvgIpc) is 3.31. The Kier molecular flexibility index (Phi) is 8.88. The summed E-state index contributed by atoms with van der Waals surface area (Å²) in [6.45, 7) is 0.0418. The van der Waals surface area contributed by atoms with Crippen LogP contribution in [0.25, 0.3) is 0 Å². The molecule has 2 N–H and O–H groups in total. The molecule has 1 amide bonds. The lowest BCUT2D eigenvalue weighted by Crippen LogP contribution is -2.47. The molecular formula is C24H34N2O5. The van der Waals surface area contributed by atoms with Crippen LogP contribution in [0, 0.1) is 5.92 Å². The number of hydrogen-bond acceptors (Lipinski definition) is 6. The van der Waals surface area contributed by atoms with Gasteiger partial charge in [0.25, 0.3) is 0 Å². The molecule has 0 saturated heterocycles. The molecule has 1 aromatic carbocycles. The molecule has 0 spiro atoms. The minimum atomic E-state index is -1.11. The quantitative estimate of drug-likeness (QED) is 0.557. The Morgan fingerprint density at radius 2 is 1.97 bits per heavy atom. The normalized spacial score (nSPS) is 21.0. The van der Waals surface area contributed by atoms with Crippen LogP contribution in [0.1, 0.15) is 56.9 Å². The predicted octanol–water partition coefficient (Wildman–Crippen LogP) is 2.80. The maximum absolute atomic E-state index is 12.7. The van der Waals surface area contributed by atoms with E-state index in [1.54, 1.807) is 0 Å². The highest BCUT2D eigenvalue weighted by Gasteiger charge is 2.34. The van der Waals surface area contributed by atoms with Crippen molar-refractivity contribution in [3.8, 4) is 0 Å². The molecule has 2 aliphatic rings. The lowest BCUT2D eigenvalue weighted by atomic mass is 9.86. The molecule has 7 heteroatoms. The number of carbonyl (C=O) groups excluding carboxylic acids is 2. The SMILES string of the molecule is COC(=O)[C@@H]1COC(C(O)[C@H](CCc2ccccc2)NC(=O)CCC2CCCCC2)=N1. The van der Waals surface area contributed by atoms with E-state index in [1.165, 1.54) is 39.2 Å². The van der Waals surface area contributed by atoms with Crippen LogP contribution >= 0.6 is 0 Å². The number of benzene rings is 1. The summed E-state index contributed by atoms with van der Waals surface area (Å²) < 4.78 is 10.2. The second-order valence-electron chi connectivity index (χ2n) is 8.50. The number of amides is 1. The number of aliphatic imine (C=N–C) groups is 1. The zero-order valence-electron chi connectivity index (χ0n) is 18.3. The van der Waals surface area contributed by atoms with E-state index in [1.807, 2.05) is 30.3 Å². The highest BCUT2D eigenvalue weighted by Crippen LogP contribution is 2.27. The molecule has 3 rings (SSSR count). The number of aliphatic hydroxyl groups is 1. The van der Waals surface area contributed by atoms with Crippen molar-refractivity contribution in [2.45, 2.75) is 76.0 Å². The van der Waals surface area contributed by atoms with Crippen LogP contribution in [-0.2, 0) is 25.5 Å². The van der Waals surface area contributed by atoms with E-state index in [-0.39, 0.29) is 18.4 Å². The summed E-state index contributed by atoms with van der Waals surface area (Å²) in [4.78, 5) is 28.6. The number of nitrogens with zero attached hydrogens (tertiary/aromatic N) is 1. The highest BCUT2D eigenvalue weighted by molar-refractivity contribution is 5.89. The third kappa shape index (κ3) is 7.06. The number of aliphatic hydroxyl groups excluding tert-OH is 1. The molecule has 1 unspecified atom stereocenters. The van der Waals surface area contributed by atoms with Gasteiger partial charge in [0.2, 0.25) is 11.8 Å². The first-order chi connectivity index (χ1) is 15.1. The Hall–Kier alpha value is -2.41. The van der Waals surface area contributed by atoms with Crippen molar-refractivity contribution in [1.82, 2.24) is 5.32 Å². The van der Waals surface area contributed by atoms with E-state index in [0.717, 1.165) is 12.0 Å². The van der Waals surface area contributed by atoms with Gasteiger partial charge in [0.05, 0.1) is 13.2 Å². The number of aryl methyl sites for hydroxylation is 1. The van der Waals surface area contributed by atoms with Crippen LogP contribution in [0.5, 0.6) is 0 Å². The molecule has 170 valence electrons. The van der Waals surface area contributed by atoms with Crippen LogP contribution in [0.3, 0.4) is 0 Å². The van der Waals surface area contributed by atoms with E-state index in [0.29, 0.717) is 25.2 Å². The monoisotopic (exact) mass is 430 g/mol. The topological polar surface area (TPSA) is 97.2 Å². The van der Waals surface area contributed by atoms with E-state index >= 15 is 0 Å². The second-order valence-corrected chi connectivity index (χ2v) is 8.50. The van der Waals surface area contributed by atoms with Crippen molar-refractivity contribution in [1.29, 1.82) is 0 Å². The molecule has 1 aromatic rings. The van der Waals surface area contributed by atoms with Crippen LogP contribution < -0.4 is 5.32 Å². The first kappa shape index (κ1) is 23.3. The van der Waals surface area contributed by atoms with Crippen molar-refractivity contribution in [3.63, 3.8) is 0 Å². The van der Waals surface area contributed by atoms with Gasteiger partial charge in [-0.05, 0) is 30.7 Å². The number of carbonyl (C=O) groups is 2. The molecule has 7 nitrogen and oxygen atoms in total. The van der Waals surface area contributed by atoms with Gasteiger partial charge in [-0.2, -0.15) is 0 Å². The van der Waals surface area contributed by atoms with Gasteiger partial charge in [-0.3, -0.25) is 4.79 Å². The molecule has 1 saturated carbocycles. The molecule has 0 bridgehead atoms. The number of esters is 1. The van der Waals surface area contributed by atoms with E-state index in [9.17, 15) is 14.7 Å². The van der Waals surface area contributed by atoms with Crippen LogP contribution in [0.15, 0.2) is 35.3 Å². The smallest absolute Gasteiger partial charge is 0.334 e. The summed E-state index contributed by atoms with van der Waals surface area (Å²) in [5, 5.41) is 13.9. The summed E-state index contributed by atoms with van der Waals surface area (Å²) >= 11 is 0. The molecule has 1 aliphatic heterocycles. The number of rotatable bonds is 10. The zero-order valence-corrected chi connectivity index (χ0v) is 18.3. The molecule has 0 radical (unpaired) electrons. The Morgan fingerprint density at radius 3 is 2.68 bits per heavy atom. The zero-order chi connectivity index (χ0) is 22.1. The van der Waals surface area contributed by atoms with Gasteiger partial charge in [-0.1, -0.05) is 62.4 Å². The molecule has 31 heavy (non-hydrogen) atoms. The highest BCUT2D eigenvalue weighted by atomic mass is 16.5. The number of hydrogen-bond donors (Lipinski definition) is 2. The van der Waals surface area contributed by atoms with Gasteiger partial charge in [-0.15, -0.1) is 0 Å². The second kappa shape index (κ2) is 11.8. The first-order valence-electron chi connectivity index (χ1n) is 11.4. The maximum atomic E-state index is 12.7. The van der Waals surface area contributed by atoms with Crippen molar-refractivity contribution in [3.05, 3.63) is 35.9 Å². The average molecular weight is 431 g/mol. The van der Waals surface area contributed by atoms with Crippen LogP contribution in [0.2, 0.25) is 0 Å². The minimum Gasteiger partial charge on any atom is -0.476 e. The lowest BCUT2D eigenvalue weighted by Gasteiger charge is -2.25. The molecule has 3 atom stereocenters. The fourth-order valence-electron chi connectivity index (χ4n) is 4.35. The largest absolute Gasteiger partial charge is 0.476 e. The fraction of sp³-hybridized carbons (Fsp3) is 0.625. The lowest BCUT2D eigenvalue weighted by molar-refractivity contribution is -0.142. The third-order valence-electron chi connectivity index (χ3n) is 6.22. The third-order valence-corrected chi connectivity index (χ3v) is 6.22. The van der Waals surface area contributed by atoms with Gasteiger partial charge in [0.1, 0.15) is 12.7 Å². The van der Waals surface area contributed by atoms with Gasteiger partial charge < -0.3 is 19.9 Å². The number of nitrogens with one attached hydrogen (secondary N) is 1. The Balaban J connectivity index is 1.60. The standard InChI is InChI=1S/C24H34N2O5/c1-30-24(29)20-16-31-23(26-20)22(28)19(14-12-17-8-4-2-5-9-17)25-21(27)15-13-18-10-6-3-7-11-18/h2,4-5,8-9,18-20,22,28H,3,6-7,10-16H2,1H3,(H,25,27)/t19-,20-,22?/m0/s1.